The Morgan fingerprint density at radius 3 is 2.33 bits per heavy atom. The molecule has 0 aromatic carbocycles. The average Bonchev–Trinajstić information content (AvgIpc) is 2.26. The van der Waals surface area contributed by atoms with Crippen LogP contribution >= 0.6 is 0 Å². The highest BCUT2D eigenvalue weighted by molar-refractivity contribution is 4.69. The van der Waals surface area contributed by atoms with Crippen LogP contribution in [0.3, 0.4) is 0 Å². The van der Waals surface area contributed by atoms with Crippen molar-refractivity contribution in [2.45, 2.75) is 26.2 Å². The summed E-state index contributed by atoms with van der Waals surface area (Å²) in [4.78, 5) is 5.00. The third-order valence-corrected chi connectivity index (χ3v) is 3.13. The number of piperazine rings is 1. The third kappa shape index (κ3) is 6.13. The Bertz CT molecular complexity index is 142. The van der Waals surface area contributed by atoms with E-state index in [1.807, 2.05) is 0 Å². The van der Waals surface area contributed by atoms with Crippen LogP contribution in [0.5, 0.6) is 0 Å². The van der Waals surface area contributed by atoms with Crippen molar-refractivity contribution in [2.75, 3.05) is 52.9 Å². The summed E-state index contributed by atoms with van der Waals surface area (Å²) in [6.07, 6.45) is 3.91. The normalized spacial score (nSPS) is 19.6. The topological polar surface area (TPSA) is 18.5 Å². The van der Waals surface area contributed by atoms with Crippen LogP contribution in [-0.4, -0.2) is 62.7 Å². The maximum atomic E-state index is 3.50. The van der Waals surface area contributed by atoms with E-state index in [-0.39, 0.29) is 0 Å². The van der Waals surface area contributed by atoms with Crippen LogP contribution in [-0.2, 0) is 0 Å². The lowest BCUT2D eigenvalue weighted by atomic mass is 10.3. The summed E-state index contributed by atoms with van der Waals surface area (Å²) in [7, 11) is 2.21. The van der Waals surface area contributed by atoms with Crippen molar-refractivity contribution in [3.05, 3.63) is 0 Å². The molecule has 1 saturated heterocycles. The van der Waals surface area contributed by atoms with Crippen LogP contribution < -0.4 is 5.32 Å². The second-order valence-corrected chi connectivity index (χ2v) is 4.60. The van der Waals surface area contributed by atoms with E-state index in [2.05, 4.69) is 29.1 Å². The van der Waals surface area contributed by atoms with Gasteiger partial charge >= 0.3 is 0 Å². The number of likely N-dealkylation sites (N-methyl/N-ethyl adjacent to an activating group) is 1. The highest BCUT2D eigenvalue weighted by atomic mass is 15.2. The molecule has 0 aliphatic carbocycles. The van der Waals surface area contributed by atoms with Gasteiger partial charge in [-0.05, 0) is 39.5 Å². The summed E-state index contributed by atoms with van der Waals surface area (Å²) in [6, 6.07) is 0. The SMILES string of the molecule is CCCCNCCCN1CCN(C)CC1. The van der Waals surface area contributed by atoms with Gasteiger partial charge in [0.1, 0.15) is 0 Å². The van der Waals surface area contributed by atoms with Crippen molar-refractivity contribution in [3.63, 3.8) is 0 Å². The summed E-state index contributed by atoms with van der Waals surface area (Å²) in [6.45, 7) is 10.9. The average molecular weight is 213 g/mol. The number of hydrogen-bond acceptors (Lipinski definition) is 3. The molecule has 0 aromatic heterocycles. The van der Waals surface area contributed by atoms with Gasteiger partial charge in [0, 0.05) is 26.2 Å². The van der Waals surface area contributed by atoms with Gasteiger partial charge in [-0.2, -0.15) is 0 Å². The molecule has 1 fully saturated rings. The molecule has 90 valence electrons. The lowest BCUT2D eigenvalue weighted by Crippen LogP contribution is -2.45. The van der Waals surface area contributed by atoms with Gasteiger partial charge in [0.2, 0.25) is 0 Å². The fraction of sp³-hybridized carbons (Fsp3) is 1.00. The number of nitrogens with zero attached hydrogens (tertiary/aromatic N) is 2. The third-order valence-electron chi connectivity index (χ3n) is 3.13. The fourth-order valence-electron chi connectivity index (χ4n) is 1.93. The smallest absolute Gasteiger partial charge is 0.0110 e. The molecule has 0 bridgehead atoms. The molecular weight excluding hydrogens is 186 g/mol. The summed E-state index contributed by atoms with van der Waals surface area (Å²) >= 11 is 0. The maximum Gasteiger partial charge on any atom is 0.0110 e. The van der Waals surface area contributed by atoms with Gasteiger partial charge in [-0.25, -0.2) is 0 Å². The largest absolute Gasteiger partial charge is 0.317 e. The van der Waals surface area contributed by atoms with Crippen LogP contribution in [0.2, 0.25) is 0 Å². The number of nitrogens with one attached hydrogen (secondary N) is 1. The molecule has 1 aliphatic rings. The van der Waals surface area contributed by atoms with E-state index in [0.29, 0.717) is 0 Å². The molecule has 0 radical (unpaired) electrons. The van der Waals surface area contributed by atoms with Crippen LogP contribution in [0.25, 0.3) is 0 Å². The molecule has 0 saturated carbocycles. The van der Waals surface area contributed by atoms with Gasteiger partial charge in [0.15, 0.2) is 0 Å². The molecule has 3 heteroatoms. The highest BCUT2D eigenvalue weighted by Crippen LogP contribution is 1.99. The number of hydrogen-bond donors (Lipinski definition) is 1. The van der Waals surface area contributed by atoms with E-state index in [9.17, 15) is 0 Å². The second-order valence-electron chi connectivity index (χ2n) is 4.60. The second kappa shape index (κ2) is 8.08. The van der Waals surface area contributed by atoms with Gasteiger partial charge in [0.25, 0.3) is 0 Å². The van der Waals surface area contributed by atoms with Gasteiger partial charge in [-0.1, -0.05) is 13.3 Å². The van der Waals surface area contributed by atoms with Gasteiger partial charge in [-0.15, -0.1) is 0 Å². The van der Waals surface area contributed by atoms with Crippen molar-refractivity contribution in [2.24, 2.45) is 0 Å². The van der Waals surface area contributed by atoms with Crippen LogP contribution in [0, 0.1) is 0 Å². The molecule has 0 amide bonds. The monoisotopic (exact) mass is 213 g/mol. The molecule has 1 aliphatic heterocycles. The molecule has 0 atom stereocenters. The Labute approximate surface area is 94.8 Å². The number of rotatable bonds is 7. The van der Waals surface area contributed by atoms with Gasteiger partial charge in [0.05, 0.1) is 0 Å². The molecule has 1 N–H and O–H groups in total. The Morgan fingerprint density at radius 2 is 1.67 bits per heavy atom. The van der Waals surface area contributed by atoms with E-state index >= 15 is 0 Å². The summed E-state index contributed by atoms with van der Waals surface area (Å²) in [5.74, 6) is 0. The van der Waals surface area contributed by atoms with Crippen molar-refractivity contribution in [1.82, 2.24) is 15.1 Å². The standard InChI is InChI=1S/C12H27N3/c1-3-4-6-13-7-5-8-15-11-9-14(2)10-12-15/h13H,3-12H2,1-2H3. The van der Waals surface area contributed by atoms with Gasteiger partial charge < -0.3 is 15.1 Å². The Hall–Kier alpha value is -0.120. The molecule has 0 spiro atoms. The first-order valence-electron chi connectivity index (χ1n) is 6.44. The molecule has 0 unspecified atom stereocenters. The van der Waals surface area contributed by atoms with Crippen molar-refractivity contribution in [3.8, 4) is 0 Å². The molecular formula is C12H27N3. The van der Waals surface area contributed by atoms with Crippen LogP contribution in [0.1, 0.15) is 26.2 Å². The first-order chi connectivity index (χ1) is 7.33. The quantitative estimate of drug-likeness (QED) is 0.637. The summed E-state index contributed by atoms with van der Waals surface area (Å²) in [5.41, 5.74) is 0. The van der Waals surface area contributed by atoms with E-state index in [1.165, 1.54) is 65.1 Å². The zero-order valence-electron chi connectivity index (χ0n) is 10.5. The minimum absolute atomic E-state index is 1.19. The van der Waals surface area contributed by atoms with Crippen molar-refractivity contribution < 1.29 is 0 Å². The predicted octanol–water partition coefficient (Wildman–Crippen LogP) is 1.01. The lowest BCUT2D eigenvalue weighted by molar-refractivity contribution is 0.153. The predicted molar refractivity (Wildman–Crippen MR) is 66.3 cm³/mol. The van der Waals surface area contributed by atoms with Crippen LogP contribution in [0.15, 0.2) is 0 Å². The Balaban J connectivity index is 1.87. The molecule has 15 heavy (non-hydrogen) atoms. The zero-order chi connectivity index (χ0) is 10.9. The first kappa shape index (κ1) is 12.9. The van der Waals surface area contributed by atoms with E-state index in [1.54, 1.807) is 0 Å². The first-order valence-corrected chi connectivity index (χ1v) is 6.44. The fourth-order valence-corrected chi connectivity index (χ4v) is 1.93. The number of unbranched alkanes of at least 4 members (excludes halogenated alkanes) is 1. The summed E-state index contributed by atoms with van der Waals surface area (Å²) in [5, 5.41) is 3.50. The zero-order valence-corrected chi connectivity index (χ0v) is 10.5. The highest BCUT2D eigenvalue weighted by Gasteiger charge is 2.12. The minimum atomic E-state index is 1.19. The van der Waals surface area contributed by atoms with Crippen molar-refractivity contribution in [1.29, 1.82) is 0 Å². The van der Waals surface area contributed by atoms with E-state index in [0.717, 1.165) is 0 Å². The Kier molecular flexibility index (Phi) is 6.98. The maximum absolute atomic E-state index is 3.50. The van der Waals surface area contributed by atoms with E-state index in [4.69, 9.17) is 0 Å². The van der Waals surface area contributed by atoms with Crippen LogP contribution in [0.4, 0.5) is 0 Å². The molecule has 1 rings (SSSR count). The summed E-state index contributed by atoms with van der Waals surface area (Å²) < 4.78 is 0. The minimum Gasteiger partial charge on any atom is -0.317 e. The molecule has 0 aromatic rings. The van der Waals surface area contributed by atoms with Crippen molar-refractivity contribution >= 4 is 0 Å². The Morgan fingerprint density at radius 1 is 1.00 bits per heavy atom. The van der Waals surface area contributed by atoms with E-state index < -0.39 is 0 Å². The lowest BCUT2D eigenvalue weighted by Gasteiger charge is -2.32. The molecule has 1 heterocycles. The molecule has 3 nitrogen and oxygen atoms in total. The van der Waals surface area contributed by atoms with Gasteiger partial charge in [-0.3, -0.25) is 0 Å².